The van der Waals surface area contributed by atoms with Crippen molar-refractivity contribution >= 4 is 45.8 Å². The van der Waals surface area contributed by atoms with Crippen LogP contribution in [0, 0.1) is 5.82 Å². The van der Waals surface area contributed by atoms with E-state index in [4.69, 9.17) is 21.8 Å². The summed E-state index contributed by atoms with van der Waals surface area (Å²) in [5.41, 5.74) is 7.02. The molecule has 3 rings (SSSR count). The number of Topliss-reactive ketones (excluding diaryl/α,β-unsaturated/α-hetero) is 1. The lowest BCUT2D eigenvalue weighted by atomic mass is 10.1. The van der Waals surface area contributed by atoms with Crippen LogP contribution in [0.4, 0.5) is 18.9 Å². The van der Waals surface area contributed by atoms with Gasteiger partial charge in [0.25, 0.3) is 11.8 Å². The summed E-state index contributed by atoms with van der Waals surface area (Å²) in [5, 5.41) is 8.13. The van der Waals surface area contributed by atoms with E-state index in [2.05, 4.69) is 16.1 Å². The summed E-state index contributed by atoms with van der Waals surface area (Å²) in [6.07, 6.45) is 0.382. The van der Waals surface area contributed by atoms with Crippen molar-refractivity contribution in [1.82, 2.24) is 10.2 Å². The van der Waals surface area contributed by atoms with E-state index in [0.29, 0.717) is 27.8 Å². The number of rotatable bonds is 15. The summed E-state index contributed by atoms with van der Waals surface area (Å²) in [6.45, 7) is 3.39. The number of benzene rings is 2. The molecule has 0 saturated carbocycles. The highest BCUT2D eigenvalue weighted by atomic mass is 35.5. The predicted octanol–water partition coefficient (Wildman–Crippen LogP) is 6.89. The molecule has 0 fully saturated rings. The van der Waals surface area contributed by atoms with Crippen LogP contribution in [0.15, 0.2) is 45.7 Å². The highest BCUT2D eigenvalue weighted by Crippen LogP contribution is 2.39. The molecule has 2 N–H and O–H groups in total. The van der Waals surface area contributed by atoms with Gasteiger partial charge in [-0.3, -0.25) is 9.59 Å². The molecule has 1 unspecified atom stereocenters. The number of halogens is 4. The summed E-state index contributed by atoms with van der Waals surface area (Å²) in [5.74, 6) is 0.0279. The number of aromatic nitrogens is 2. The summed E-state index contributed by atoms with van der Waals surface area (Å²) in [6, 6.07) is 9.41. The van der Waals surface area contributed by atoms with Gasteiger partial charge >= 0.3 is 0 Å². The molecule has 216 valence electrons. The number of carbonyl (C=O) groups excluding carboxylic acids is 2. The van der Waals surface area contributed by atoms with E-state index < -0.39 is 28.0 Å². The van der Waals surface area contributed by atoms with Crippen molar-refractivity contribution in [2.75, 3.05) is 10.7 Å². The van der Waals surface area contributed by atoms with Crippen LogP contribution in [0.3, 0.4) is 0 Å². The van der Waals surface area contributed by atoms with Crippen molar-refractivity contribution in [2.45, 2.75) is 69.4 Å². The highest BCUT2D eigenvalue weighted by Gasteiger charge is 2.26. The Bertz CT molecular complexity index is 1350. The molecule has 0 saturated heterocycles. The van der Waals surface area contributed by atoms with E-state index >= 15 is 4.39 Å². The topological polar surface area (TPSA) is 102 Å². The molecule has 1 amide bonds. The monoisotopic (exact) mass is 596 g/mol. The van der Waals surface area contributed by atoms with Gasteiger partial charge in [0, 0.05) is 41.0 Å². The van der Waals surface area contributed by atoms with Gasteiger partial charge in [-0.25, -0.2) is 13.2 Å². The van der Waals surface area contributed by atoms with E-state index in [1.54, 1.807) is 24.3 Å². The molecule has 3 aromatic rings. The Kier molecular flexibility index (Phi) is 11.1. The Morgan fingerprint density at radius 1 is 1.25 bits per heavy atom. The van der Waals surface area contributed by atoms with Crippen LogP contribution < -0.4 is 10.6 Å². The van der Waals surface area contributed by atoms with Crippen LogP contribution >= 0.6 is 22.1 Å². The maximum Gasteiger partial charge on any atom is 0.284 e. The molecule has 0 aliphatic carbocycles. The average molecular weight is 597 g/mol. The molecular weight excluding hydrogens is 565 g/mol. The van der Waals surface area contributed by atoms with E-state index in [9.17, 15) is 18.4 Å². The maximum absolute atomic E-state index is 15.4. The lowest BCUT2D eigenvalue weighted by Gasteiger charge is -2.24. The minimum absolute atomic E-state index is 0.0598. The smallest absolute Gasteiger partial charge is 0.284 e. The molecule has 7 nitrogen and oxygen atoms in total. The number of ketones is 1. The van der Waals surface area contributed by atoms with Gasteiger partial charge in [-0.05, 0) is 49.6 Å². The van der Waals surface area contributed by atoms with Crippen molar-refractivity contribution in [3.8, 4) is 11.5 Å². The van der Waals surface area contributed by atoms with Crippen LogP contribution in [0.1, 0.15) is 62.2 Å². The third-order valence-electron chi connectivity index (χ3n) is 6.13. The molecule has 0 bridgehead atoms. The van der Waals surface area contributed by atoms with Crippen molar-refractivity contribution in [1.29, 1.82) is 0 Å². The number of amides is 1. The van der Waals surface area contributed by atoms with Crippen LogP contribution in [-0.2, 0) is 11.3 Å². The number of nitrogens with zero attached hydrogens (tertiary/aromatic N) is 3. The molecule has 0 spiro atoms. The molecule has 40 heavy (non-hydrogen) atoms. The van der Waals surface area contributed by atoms with Crippen LogP contribution in [0.2, 0.25) is 5.02 Å². The molecular formula is C28H32ClF3N4O3S. The molecule has 0 aliphatic rings. The molecule has 2 aromatic carbocycles. The molecule has 12 heteroatoms. The standard InChI is InChI=1S/C28H32ClF3N4O3S/c1-4-28(31,32)12-6-5-7-24(38)27-35-34-26(39-27)21-13-23(25(14-22(21)30)40(3)16-18(2)33)36(17-37)15-19-8-10-20(29)11-9-19/h8-11,13-14,17-18H,3-7,12,15-16,33H2,1-2H3/t18-,40?/m1/s1. The van der Waals surface area contributed by atoms with Crippen molar-refractivity contribution < 1.29 is 27.2 Å². The quantitative estimate of drug-likeness (QED) is 0.0887. The number of carbonyl (C=O) groups is 2. The summed E-state index contributed by atoms with van der Waals surface area (Å²) in [4.78, 5) is 26.6. The average Bonchev–Trinajstić information content (AvgIpc) is 3.40. The molecule has 1 aromatic heterocycles. The molecule has 0 radical (unpaired) electrons. The highest BCUT2D eigenvalue weighted by molar-refractivity contribution is 8.14. The number of anilines is 1. The zero-order valence-electron chi connectivity index (χ0n) is 22.3. The SMILES string of the molecule is C=S(C[C@@H](C)N)c1cc(F)c(-c2nnc(C(=O)CCCCC(F)(F)CC)o2)cc1N(C=O)Cc1ccc(Cl)cc1. The number of alkyl halides is 2. The Morgan fingerprint density at radius 3 is 2.58 bits per heavy atom. The number of hydrogen-bond donors (Lipinski definition) is 1. The first-order chi connectivity index (χ1) is 18.9. The number of hydrogen-bond acceptors (Lipinski definition) is 6. The number of unbranched alkanes of at least 4 members (excludes halogenated alkanes) is 1. The minimum Gasteiger partial charge on any atom is -0.413 e. The van der Waals surface area contributed by atoms with Gasteiger partial charge in [-0.1, -0.05) is 36.5 Å². The van der Waals surface area contributed by atoms with Gasteiger partial charge in [0.1, 0.15) is 5.82 Å². The lowest BCUT2D eigenvalue weighted by Crippen LogP contribution is -2.23. The Balaban J connectivity index is 1.90. The van der Waals surface area contributed by atoms with Crippen molar-refractivity contribution in [3.63, 3.8) is 0 Å². The number of nitrogens with two attached hydrogens (primary N) is 1. The Labute approximate surface area is 238 Å². The second-order valence-corrected chi connectivity index (χ2v) is 11.7. The third-order valence-corrected chi connectivity index (χ3v) is 8.26. The van der Waals surface area contributed by atoms with Gasteiger partial charge in [0.2, 0.25) is 18.1 Å². The van der Waals surface area contributed by atoms with E-state index in [0.717, 1.165) is 5.56 Å². The lowest BCUT2D eigenvalue weighted by molar-refractivity contribution is -0.107. The third kappa shape index (κ3) is 8.49. The Morgan fingerprint density at radius 2 is 1.95 bits per heavy atom. The second kappa shape index (κ2) is 14.0. The van der Waals surface area contributed by atoms with Crippen LogP contribution in [0.25, 0.3) is 11.5 Å². The van der Waals surface area contributed by atoms with Crippen molar-refractivity contribution in [2.24, 2.45) is 5.73 Å². The van der Waals surface area contributed by atoms with Gasteiger partial charge in [-0.2, -0.15) is 10.5 Å². The fourth-order valence-corrected chi connectivity index (χ4v) is 5.62. The van der Waals surface area contributed by atoms with Gasteiger partial charge in [0.15, 0.2) is 0 Å². The van der Waals surface area contributed by atoms with Crippen molar-refractivity contribution in [3.05, 3.63) is 58.7 Å². The minimum atomic E-state index is -2.76. The maximum atomic E-state index is 15.4. The molecule has 2 atom stereocenters. The van der Waals surface area contributed by atoms with Gasteiger partial charge in [-0.15, -0.1) is 10.2 Å². The van der Waals surface area contributed by atoms with Gasteiger partial charge < -0.3 is 15.1 Å². The summed E-state index contributed by atoms with van der Waals surface area (Å²) >= 11 is 5.98. The fraction of sp³-hybridized carbons (Fsp3) is 0.393. The zero-order chi connectivity index (χ0) is 29.4. The largest absolute Gasteiger partial charge is 0.413 e. The molecule has 0 aliphatic heterocycles. The fourth-order valence-electron chi connectivity index (χ4n) is 3.93. The van der Waals surface area contributed by atoms with E-state index in [1.807, 2.05) is 6.92 Å². The molecule has 1 heterocycles. The van der Waals surface area contributed by atoms with Crippen LogP contribution in [0.5, 0.6) is 0 Å². The predicted molar refractivity (Wildman–Crippen MR) is 153 cm³/mol. The summed E-state index contributed by atoms with van der Waals surface area (Å²) in [7, 11) is -0.759. The zero-order valence-corrected chi connectivity index (χ0v) is 23.9. The first kappa shape index (κ1) is 31.5. The van der Waals surface area contributed by atoms with E-state index in [1.165, 1.54) is 24.0 Å². The normalized spacial score (nSPS) is 13.2. The first-order valence-corrected chi connectivity index (χ1v) is 14.7. The summed E-state index contributed by atoms with van der Waals surface area (Å²) < 4.78 is 47.7. The Hall–Kier alpha value is -3.02. The first-order valence-electron chi connectivity index (χ1n) is 12.7. The second-order valence-electron chi connectivity index (χ2n) is 9.55. The van der Waals surface area contributed by atoms with Crippen LogP contribution in [-0.4, -0.2) is 46.0 Å². The van der Waals surface area contributed by atoms with Gasteiger partial charge in [0.05, 0.1) is 17.8 Å². The van der Waals surface area contributed by atoms with E-state index in [-0.39, 0.29) is 62.0 Å².